The van der Waals surface area contributed by atoms with Crippen LogP contribution in [-0.4, -0.2) is 29.5 Å². The molecule has 6 nitrogen and oxygen atoms in total. The van der Waals surface area contributed by atoms with Crippen molar-refractivity contribution in [2.45, 2.75) is 45.2 Å². The summed E-state index contributed by atoms with van der Waals surface area (Å²) in [5.74, 6) is -0.305. The lowest BCUT2D eigenvalue weighted by molar-refractivity contribution is -0.149. The van der Waals surface area contributed by atoms with Gasteiger partial charge in [0.2, 0.25) is 0 Å². The lowest BCUT2D eigenvalue weighted by atomic mass is 9.86. The molecular weight excluding hydrogens is 326 g/mol. The average Bonchev–Trinajstić information content (AvgIpc) is 2.97. The van der Waals surface area contributed by atoms with Gasteiger partial charge >= 0.3 is 5.97 Å². The number of rotatable bonds is 5. The average molecular weight is 348 g/mol. The zero-order valence-corrected chi connectivity index (χ0v) is 14.2. The summed E-state index contributed by atoms with van der Waals surface area (Å²) in [6.07, 6.45) is 3.11. The van der Waals surface area contributed by atoms with E-state index in [1.54, 1.807) is 5.38 Å². The van der Waals surface area contributed by atoms with Crippen molar-refractivity contribution in [3.63, 3.8) is 0 Å². The molecule has 3 N–H and O–H groups in total. The molecule has 1 saturated carbocycles. The molecule has 0 atom stereocenters. The molecule has 0 saturated heterocycles. The Balaban J connectivity index is 0.00000242. The van der Waals surface area contributed by atoms with Gasteiger partial charge in [-0.1, -0.05) is 0 Å². The summed E-state index contributed by atoms with van der Waals surface area (Å²) in [4.78, 5) is 27.9. The molecule has 0 unspecified atom stereocenters. The molecule has 1 fully saturated rings. The Labute approximate surface area is 140 Å². The van der Waals surface area contributed by atoms with E-state index in [9.17, 15) is 9.59 Å². The van der Waals surface area contributed by atoms with Crippen LogP contribution in [0.5, 0.6) is 0 Å². The van der Waals surface area contributed by atoms with Crippen molar-refractivity contribution in [2.24, 2.45) is 11.7 Å². The quantitative estimate of drug-likeness (QED) is 0.793. The molecule has 1 aromatic rings. The Hall–Kier alpha value is -1.18. The summed E-state index contributed by atoms with van der Waals surface area (Å²) in [5, 5.41) is 5.46. The number of nitrogens with one attached hydrogen (secondary N) is 1. The number of nitrogens with two attached hydrogens (primary N) is 1. The maximum Gasteiger partial charge on any atom is 0.308 e. The van der Waals surface area contributed by atoms with E-state index in [-0.39, 0.29) is 36.2 Å². The topological polar surface area (TPSA) is 94.3 Å². The van der Waals surface area contributed by atoms with Crippen LogP contribution in [0.1, 0.15) is 48.1 Å². The van der Waals surface area contributed by atoms with Crippen LogP contribution in [0, 0.1) is 5.92 Å². The largest absolute Gasteiger partial charge is 0.466 e. The first-order valence-electron chi connectivity index (χ1n) is 7.26. The highest BCUT2D eigenvalue weighted by Crippen LogP contribution is 2.25. The molecule has 0 radical (unpaired) electrons. The molecule has 1 aliphatic carbocycles. The molecule has 8 heteroatoms. The Morgan fingerprint density at radius 1 is 1.41 bits per heavy atom. The summed E-state index contributed by atoms with van der Waals surface area (Å²) in [7, 11) is 0. The third kappa shape index (κ3) is 4.93. The second-order valence-corrected chi connectivity index (χ2v) is 6.05. The molecule has 0 aromatic carbocycles. The minimum absolute atomic E-state index is 0. The molecule has 1 heterocycles. The third-order valence-corrected chi connectivity index (χ3v) is 4.51. The molecule has 124 valence electrons. The third-order valence-electron chi connectivity index (χ3n) is 3.64. The van der Waals surface area contributed by atoms with Crippen LogP contribution in [-0.2, 0) is 16.1 Å². The lowest BCUT2D eigenvalue weighted by Crippen LogP contribution is -2.39. The van der Waals surface area contributed by atoms with Crippen molar-refractivity contribution in [3.8, 4) is 0 Å². The molecule has 1 amide bonds. The Morgan fingerprint density at radius 2 is 2.09 bits per heavy atom. The maximum absolute atomic E-state index is 12.1. The number of halogens is 1. The van der Waals surface area contributed by atoms with E-state index in [4.69, 9.17) is 10.5 Å². The summed E-state index contributed by atoms with van der Waals surface area (Å²) in [6.45, 7) is 2.58. The van der Waals surface area contributed by atoms with Crippen molar-refractivity contribution in [1.82, 2.24) is 10.3 Å². The van der Waals surface area contributed by atoms with Gasteiger partial charge in [0.15, 0.2) is 0 Å². The van der Waals surface area contributed by atoms with Crippen LogP contribution in [0.25, 0.3) is 0 Å². The van der Waals surface area contributed by atoms with Crippen molar-refractivity contribution >= 4 is 35.6 Å². The summed E-state index contributed by atoms with van der Waals surface area (Å²) < 4.78 is 5.04. The predicted octanol–water partition coefficient (Wildman–Crippen LogP) is 1.88. The molecular formula is C14H22ClN3O3S. The monoisotopic (exact) mass is 347 g/mol. The number of carbonyl (C=O) groups excluding carboxylic acids is 2. The second-order valence-electron chi connectivity index (χ2n) is 5.10. The van der Waals surface area contributed by atoms with Crippen LogP contribution in [0.3, 0.4) is 0 Å². The Bertz CT molecular complexity index is 501. The number of hydrogen-bond acceptors (Lipinski definition) is 6. The van der Waals surface area contributed by atoms with Crippen molar-refractivity contribution in [1.29, 1.82) is 0 Å². The number of nitrogens with zero attached hydrogens (tertiary/aromatic N) is 1. The highest BCUT2D eigenvalue weighted by molar-refractivity contribution is 7.09. The predicted molar refractivity (Wildman–Crippen MR) is 87.1 cm³/mol. The number of carbonyl (C=O) groups is 2. The number of ether oxygens (including phenoxy) is 1. The van der Waals surface area contributed by atoms with E-state index >= 15 is 0 Å². The minimum atomic E-state index is -0.162. The van der Waals surface area contributed by atoms with Crippen LogP contribution in [0.4, 0.5) is 0 Å². The number of hydrogen-bond donors (Lipinski definition) is 2. The molecule has 1 aromatic heterocycles. The smallest absolute Gasteiger partial charge is 0.308 e. The zero-order valence-electron chi connectivity index (χ0n) is 12.5. The van der Waals surface area contributed by atoms with Crippen molar-refractivity contribution in [2.75, 3.05) is 6.61 Å². The van der Waals surface area contributed by atoms with E-state index < -0.39 is 0 Å². The fourth-order valence-electron chi connectivity index (χ4n) is 2.50. The molecule has 22 heavy (non-hydrogen) atoms. The van der Waals surface area contributed by atoms with Gasteiger partial charge in [0.05, 0.1) is 12.5 Å². The van der Waals surface area contributed by atoms with E-state index in [2.05, 4.69) is 10.3 Å². The standard InChI is InChI=1S/C14H21N3O3S.ClH/c1-2-20-14(19)9-3-5-10(6-4-9)16-13(18)11-8-21-12(7-15)17-11;/h8-10H,2-7,15H2,1H3,(H,16,18);1H. The van der Waals surface area contributed by atoms with E-state index in [1.807, 2.05) is 6.92 Å². The van der Waals surface area contributed by atoms with E-state index in [0.29, 0.717) is 18.8 Å². The molecule has 2 rings (SSSR count). The Morgan fingerprint density at radius 3 is 2.64 bits per heavy atom. The SMILES string of the molecule is CCOC(=O)C1CCC(NC(=O)c2csc(CN)n2)CC1.Cl. The zero-order chi connectivity index (χ0) is 15.2. The van der Waals surface area contributed by atoms with Gasteiger partial charge in [-0.05, 0) is 32.6 Å². The van der Waals surface area contributed by atoms with Crippen LogP contribution in [0.15, 0.2) is 5.38 Å². The fourth-order valence-corrected chi connectivity index (χ4v) is 3.16. The van der Waals surface area contributed by atoms with Gasteiger partial charge in [0, 0.05) is 18.0 Å². The van der Waals surface area contributed by atoms with Crippen LogP contribution >= 0.6 is 23.7 Å². The first-order valence-corrected chi connectivity index (χ1v) is 8.14. The minimum Gasteiger partial charge on any atom is -0.466 e. The number of esters is 1. The van der Waals surface area contributed by atoms with Crippen molar-refractivity contribution < 1.29 is 14.3 Å². The van der Waals surface area contributed by atoms with Crippen molar-refractivity contribution in [3.05, 3.63) is 16.1 Å². The highest BCUT2D eigenvalue weighted by atomic mass is 35.5. The molecule has 0 aliphatic heterocycles. The molecule has 0 spiro atoms. The van der Waals surface area contributed by atoms with Gasteiger partial charge in [-0.3, -0.25) is 9.59 Å². The Kier molecular flexibility index (Phi) is 7.78. The van der Waals surface area contributed by atoms with Crippen LogP contribution in [0.2, 0.25) is 0 Å². The molecule has 0 bridgehead atoms. The van der Waals surface area contributed by atoms with Gasteiger partial charge in [0.1, 0.15) is 10.7 Å². The van der Waals surface area contributed by atoms with Gasteiger partial charge in [-0.15, -0.1) is 23.7 Å². The first kappa shape index (κ1) is 18.9. The maximum atomic E-state index is 12.1. The van der Waals surface area contributed by atoms with E-state index in [1.165, 1.54) is 11.3 Å². The highest BCUT2D eigenvalue weighted by Gasteiger charge is 2.28. The summed E-state index contributed by atoms with van der Waals surface area (Å²) in [5.41, 5.74) is 5.91. The van der Waals surface area contributed by atoms with Gasteiger partial charge < -0.3 is 15.8 Å². The normalized spacial score (nSPS) is 20.8. The van der Waals surface area contributed by atoms with Crippen LogP contribution < -0.4 is 11.1 Å². The lowest BCUT2D eigenvalue weighted by Gasteiger charge is -2.27. The molecule has 1 aliphatic rings. The van der Waals surface area contributed by atoms with Gasteiger partial charge in [0.25, 0.3) is 5.91 Å². The van der Waals surface area contributed by atoms with Gasteiger partial charge in [-0.25, -0.2) is 4.98 Å². The number of thiazole rings is 1. The number of aromatic nitrogens is 1. The number of amides is 1. The fraction of sp³-hybridized carbons (Fsp3) is 0.643. The van der Waals surface area contributed by atoms with Gasteiger partial charge in [-0.2, -0.15) is 0 Å². The summed E-state index contributed by atoms with van der Waals surface area (Å²) >= 11 is 1.39. The van der Waals surface area contributed by atoms with E-state index in [0.717, 1.165) is 30.7 Å². The first-order chi connectivity index (χ1) is 10.1. The summed E-state index contributed by atoms with van der Waals surface area (Å²) in [6, 6.07) is 0.103. The second kappa shape index (κ2) is 9.07.